The van der Waals surface area contributed by atoms with Crippen LogP contribution in [0.5, 0.6) is 0 Å². The van der Waals surface area contributed by atoms with Gasteiger partial charge in [-0.15, -0.1) is 0 Å². The van der Waals surface area contributed by atoms with E-state index in [2.05, 4.69) is 5.32 Å². The molecular formula is C20H23ClN2O3S. The van der Waals surface area contributed by atoms with E-state index in [9.17, 15) is 13.2 Å². The van der Waals surface area contributed by atoms with Crippen molar-refractivity contribution in [1.29, 1.82) is 0 Å². The number of hydrogen-bond acceptors (Lipinski definition) is 3. The lowest BCUT2D eigenvalue weighted by Crippen LogP contribution is -2.51. The van der Waals surface area contributed by atoms with Crippen molar-refractivity contribution in [3.05, 3.63) is 64.7 Å². The van der Waals surface area contributed by atoms with Gasteiger partial charge in [0.1, 0.15) is 6.04 Å². The van der Waals surface area contributed by atoms with Crippen molar-refractivity contribution in [2.75, 3.05) is 6.54 Å². The summed E-state index contributed by atoms with van der Waals surface area (Å²) >= 11 is 5.86. The van der Waals surface area contributed by atoms with Crippen LogP contribution in [0, 0.1) is 6.92 Å². The fraction of sp³-hybridized carbons (Fsp3) is 0.350. The van der Waals surface area contributed by atoms with Crippen LogP contribution in [0.4, 0.5) is 0 Å². The number of nitrogens with zero attached hydrogens (tertiary/aromatic N) is 1. The monoisotopic (exact) mass is 406 g/mol. The Kier molecular flexibility index (Phi) is 6.19. The summed E-state index contributed by atoms with van der Waals surface area (Å²) in [5.74, 6) is -0.256. The molecule has 0 unspecified atom stereocenters. The first kappa shape index (κ1) is 19.9. The largest absolute Gasteiger partial charge is 0.351 e. The molecule has 7 heteroatoms. The van der Waals surface area contributed by atoms with Gasteiger partial charge in [-0.25, -0.2) is 8.42 Å². The van der Waals surface area contributed by atoms with Gasteiger partial charge in [-0.05, 0) is 49.6 Å². The highest BCUT2D eigenvalue weighted by Crippen LogP contribution is 2.26. The molecule has 0 aromatic heterocycles. The highest BCUT2D eigenvalue weighted by Gasteiger charge is 2.37. The molecule has 0 aliphatic carbocycles. The van der Waals surface area contributed by atoms with E-state index in [0.717, 1.165) is 24.0 Å². The highest BCUT2D eigenvalue weighted by atomic mass is 35.5. The number of amides is 1. The molecule has 27 heavy (non-hydrogen) atoms. The zero-order valence-corrected chi connectivity index (χ0v) is 16.8. The van der Waals surface area contributed by atoms with Gasteiger partial charge < -0.3 is 5.32 Å². The summed E-state index contributed by atoms with van der Waals surface area (Å²) in [5.41, 5.74) is 2.11. The van der Waals surface area contributed by atoms with Crippen LogP contribution in [-0.2, 0) is 21.4 Å². The minimum absolute atomic E-state index is 0.158. The number of sulfonamides is 1. The van der Waals surface area contributed by atoms with Gasteiger partial charge in [0.15, 0.2) is 0 Å². The number of hydrogen-bond donors (Lipinski definition) is 1. The number of carbonyl (C=O) groups excluding carboxylic acids is 1. The second kappa shape index (κ2) is 8.42. The number of halogens is 1. The number of rotatable bonds is 5. The fourth-order valence-electron chi connectivity index (χ4n) is 3.33. The van der Waals surface area contributed by atoms with Gasteiger partial charge in [0.05, 0.1) is 4.90 Å². The average Bonchev–Trinajstić information content (AvgIpc) is 2.66. The van der Waals surface area contributed by atoms with Crippen molar-refractivity contribution in [2.24, 2.45) is 0 Å². The Morgan fingerprint density at radius 1 is 1.19 bits per heavy atom. The summed E-state index contributed by atoms with van der Waals surface area (Å²) < 4.78 is 27.4. The lowest BCUT2D eigenvalue weighted by atomic mass is 10.0. The van der Waals surface area contributed by atoms with E-state index in [0.29, 0.717) is 24.5 Å². The summed E-state index contributed by atoms with van der Waals surface area (Å²) in [6.07, 6.45) is 2.09. The molecule has 1 amide bonds. The summed E-state index contributed by atoms with van der Waals surface area (Å²) in [4.78, 5) is 12.9. The third-order valence-electron chi connectivity index (χ3n) is 4.73. The molecule has 3 rings (SSSR count). The van der Waals surface area contributed by atoms with E-state index in [1.165, 1.54) is 16.4 Å². The molecule has 1 N–H and O–H groups in total. The van der Waals surface area contributed by atoms with E-state index in [-0.39, 0.29) is 10.8 Å². The second-order valence-electron chi connectivity index (χ2n) is 6.79. The molecule has 144 valence electrons. The molecule has 1 aliphatic rings. The third-order valence-corrected chi connectivity index (χ3v) is 6.90. The Hall–Kier alpha value is -1.89. The van der Waals surface area contributed by atoms with Gasteiger partial charge in [0.2, 0.25) is 15.9 Å². The zero-order valence-electron chi connectivity index (χ0n) is 15.2. The first-order chi connectivity index (χ1) is 12.9. The van der Waals surface area contributed by atoms with Crippen LogP contribution >= 0.6 is 11.6 Å². The molecule has 2 aromatic rings. The van der Waals surface area contributed by atoms with Crippen LogP contribution in [0.3, 0.4) is 0 Å². The van der Waals surface area contributed by atoms with Gasteiger partial charge in [0.25, 0.3) is 0 Å². The highest BCUT2D eigenvalue weighted by molar-refractivity contribution is 7.89. The first-order valence-electron chi connectivity index (χ1n) is 8.98. The summed E-state index contributed by atoms with van der Waals surface area (Å²) in [6.45, 7) is 2.71. The second-order valence-corrected chi connectivity index (χ2v) is 9.12. The fourth-order valence-corrected chi connectivity index (χ4v) is 5.11. The topological polar surface area (TPSA) is 66.5 Å². The maximum Gasteiger partial charge on any atom is 0.243 e. The smallest absolute Gasteiger partial charge is 0.243 e. The van der Waals surface area contributed by atoms with Crippen LogP contribution in [0.2, 0.25) is 5.02 Å². The minimum Gasteiger partial charge on any atom is -0.351 e. The average molecular weight is 407 g/mol. The molecule has 5 nitrogen and oxygen atoms in total. The molecular weight excluding hydrogens is 384 g/mol. The Morgan fingerprint density at radius 3 is 2.63 bits per heavy atom. The molecule has 0 radical (unpaired) electrons. The normalized spacial score (nSPS) is 18.2. The zero-order chi connectivity index (χ0) is 19.4. The van der Waals surface area contributed by atoms with E-state index in [1.807, 2.05) is 31.2 Å². The molecule has 2 aromatic carbocycles. The number of aryl methyl sites for hydroxylation is 1. The standard InChI is InChI=1S/C20H23ClN2O3S/c1-15-5-4-6-16(13-15)14-22-20(24)19-7-2-3-12-23(19)27(25,26)18-10-8-17(21)9-11-18/h4-6,8-11,13,19H,2-3,7,12,14H2,1H3,(H,22,24)/t19-/m1/s1. The number of benzene rings is 2. The van der Waals surface area contributed by atoms with Gasteiger partial charge >= 0.3 is 0 Å². The number of nitrogens with one attached hydrogen (secondary N) is 1. The molecule has 1 aliphatic heterocycles. The third kappa shape index (κ3) is 4.69. The Balaban J connectivity index is 1.76. The Morgan fingerprint density at radius 2 is 1.93 bits per heavy atom. The van der Waals surface area contributed by atoms with Gasteiger partial charge in [-0.2, -0.15) is 4.31 Å². The van der Waals surface area contributed by atoms with Gasteiger partial charge in [-0.1, -0.05) is 47.9 Å². The molecule has 1 heterocycles. The molecule has 1 saturated heterocycles. The van der Waals surface area contributed by atoms with E-state index < -0.39 is 16.1 Å². The van der Waals surface area contributed by atoms with Crippen LogP contribution in [0.15, 0.2) is 53.4 Å². The maximum atomic E-state index is 13.0. The van der Waals surface area contributed by atoms with E-state index in [1.54, 1.807) is 12.1 Å². The summed E-state index contributed by atoms with van der Waals surface area (Å²) in [5, 5.41) is 3.36. The first-order valence-corrected chi connectivity index (χ1v) is 10.8. The van der Waals surface area contributed by atoms with Crippen molar-refractivity contribution >= 4 is 27.5 Å². The maximum absolute atomic E-state index is 13.0. The SMILES string of the molecule is Cc1cccc(CNC(=O)[C@H]2CCCCN2S(=O)(=O)c2ccc(Cl)cc2)c1. The van der Waals surface area contributed by atoms with Crippen LogP contribution in [0.1, 0.15) is 30.4 Å². The summed E-state index contributed by atoms with van der Waals surface area (Å²) in [6, 6.07) is 13.2. The summed E-state index contributed by atoms with van der Waals surface area (Å²) in [7, 11) is -3.75. The van der Waals surface area contributed by atoms with Gasteiger partial charge in [0, 0.05) is 18.1 Å². The molecule has 0 bridgehead atoms. The van der Waals surface area contributed by atoms with E-state index in [4.69, 9.17) is 11.6 Å². The Bertz CT molecular complexity index is 913. The quantitative estimate of drug-likeness (QED) is 0.826. The lowest BCUT2D eigenvalue weighted by molar-refractivity contribution is -0.125. The minimum atomic E-state index is -3.75. The van der Waals surface area contributed by atoms with Crippen molar-refractivity contribution < 1.29 is 13.2 Å². The number of carbonyl (C=O) groups is 1. The van der Waals surface area contributed by atoms with Crippen molar-refractivity contribution in [1.82, 2.24) is 9.62 Å². The van der Waals surface area contributed by atoms with Crippen LogP contribution in [0.25, 0.3) is 0 Å². The van der Waals surface area contributed by atoms with Crippen LogP contribution < -0.4 is 5.32 Å². The van der Waals surface area contributed by atoms with E-state index >= 15 is 0 Å². The molecule has 1 fully saturated rings. The predicted molar refractivity (Wildman–Crippen MR) is 106 cm³/mol. The molecule has 0 saturated carbocycles. The molecule has 0 spiro atoms. The van der Waals surface area contributed by atoms with Crippen LogP contribution in [-0.4, -0.2) is 31.2 Å². The van der Waals surface area contributed by atoms with Crippen molar-refractivity contribution in [3.8, 4) is 0 Å². The molecule has 1 atom stereocenters. The predicted octanol–water partition coefficient (Wildman–Crippen LogP) is 3.51. The number of piperidine rings is 1. The Labute approximate surface area is 165 Å². The van der Waals surface area contributed by atoms with Crippen molar-refractivity contribution in [2.45, 2.75) is 43.7 Å². The van der Waals surface area contributed by atoms with Crippen molar-refractivity contribution in [3.63, 3.8) is 0 Å². The van der Waals surface area contributed by atoms with Gasteiger partial charge in [-0.3, -0.25) is 4.79 Å². The lowest BCUT2D eigenvalue weighted by Gasteiger charge is -2.33.